The number of thioether (sulfide) groups is 1. The Labute approximate surface area is 158 Å². The van der Waals surface area contributed by atoms with Gasteiger partial charge in [0.2, 0.25) is 0 Å². The Morgan fingerprint density at radius 2 is 2.00 bits per heavy atom. The lowest BCUT2D eigenvalue weighted by molar-refractivity contribution is 0.0628. The number of amides is 1. The molecule has 0 saturated carbocycles. The molecule has 1 aliphatic heterocycles. The first-order chi connectivity index (χ1) is 11.6. The van der Waals surface area contributed by atoms with Crippen LogP contribution in [0.4, 0.5) is 0 Å². The maximum absolute atomic E-state index is 12.6. The summed E-state index contributed by atoms with van der Waals surface area (Å²) in [5.74, 6) is -0.0445. The van der Waals surface area contributed by atoms with Gasteiger partial charge >= 0.3 is 0 Å². The van der Waals surface area contributed by atoms with Crippen molar-refractivity contribution in [2.45, 2.75) is 10.9 Å². The van der Waals surface area contributed by atoms with Crippen molar-refractivity contribution in [2.24, 2.45) is 0 Å². The molecule has 0 bridgehead atoms. The average molecular weight is 403 g/mol. The van der Waals surface area contributed by atoms with Gasteiger partial charge in [0.25, 0.3) is 5.91 Å². The monoisotopic (exact) mass is 402 g/mol. The van der Waals surface area contributed by atoms with E-state index in [4.69, 9.17) is 23.2 Å². The SMILES string of the molecule is CSc1nnc(CN2CCN(C(=O)c3ccc(Cl)cc3Cl)CC2)s1. The molecule has 0 unspecified atom stereocenters. The van der Waals surface area contributed by atoms with Crippen LogP contribution in [0.25, 0.3) is 0 Å². The van der Waals surface area contributed by atoms with Crippen LogP contribution in [0.15, 0.2) is 22.5 Å². The van der Waals surface area contributed by atoms with E-state index in [0.29, 0.717) is 28.7 Å². The summed E-state index contributed by atoms with van der Waals surface area (Å²) in [6.45, 7) is 3.75. The van der Waals surface area contributed by atoms with Gasteiger partial charge in [-0.3, -0.25) is 9.69 Å². The predicted octanol–water partition coefficient (Wildman–Crippen LogP) is 3.52. The maximum atomic E-state index is 12.6. The van der Waals surface area contributed by atoms with E-state index in [0.717, 1.165) is 29.0 Å². The zero-order valence-corrected chi connectivity index (χ0v) is 16.2. The van der Waals surface area contributed by atoms with Gasteiger partial charge in [0.15, 0.2) is 4.34 Å². The molecule has 9 heteroatoms. The van der Waals surface area contributed by atoms with Gasteiger partial charge in [0, 0.05) is 31.2 Å². The van der Waals surface area contributed by atoms with Crippen molar-refractivity contribution in [2.75, 3.05) is 32.4 Å². The van der Waals surface area contributed by atoms with Gasteiger partial charge in [0.1, 0.15) is 5.01 Å². The van der Waals surface area contributed by atoms with Crippen LogP contribution in [-0.2, 0) is 6.54 Å². The number of carbonyl (C=O) groups is 1. The number of rotatable bonds is 4. The Morgan fingerprint density at radius 1 is 1.25 bits per heavy atom. The molecule has 1 aliphatic rings. The summed E-state index contributed by atoms with van der Waals surface area (Å²) in [5, 5.41) is 10.3. The molecule has 0 aliphatic carbocycles. The molecule has 2 aromatic rings. The number of hydrogen-bond acceptors (Lipinski definition) is 6. The molecule has 1 aromatic carbocycles. The third kappa shape index (κ3) is 4.21. The molecule has 1 amide bonds. The van der Waals surface area contributed by atoms with Gasteiger partial charge in [-0.25, -0.2) is 0 Å². The minimum atomic E-state index is -0.0445. The third-order valence-electron chi connectivity index (χ3n) is 3.80. The molecular weight excluding hydrogens is 387 g/mol. The van der Waals surface area contributed by atoms with Crippen molar-refractivity contribution in [1.82, 2.24) is 20.0 Å². The van der Waals surface area contributed by atoms with Crippen molar-refractivity contribution in [3.8, 4) is 0 Å². The lowest BCUT2D eigenvalue weighted by atomic mass is 10.2. The number of piperazine rings is 1. The Balaban J connectivity index is 1.57. The Kier molecular flexibility index (Phi) is 5.99. The number of benzene rings is 1. The number of nitrogens with zero attached hydrogens (tertiary/aromatic N) is 4. The third-order valence-corrected chi connectivity index (χ3v) is 6.23. The first kappa shape index (κ1) is 17.9. The van der Waals surface area contributed by atoms with Crippen LogP contribution in [0.1, 0.15) is 15.4 Å². The molecule has 0 radical (unpaired) electrons. The minimum absolute atomic E-state index is 0.0445. The van der Waals surface area contributed by atoms with Crippen LogP contribution in [0.3, 0.4) is 0 Å². The summed E-state index contributed by atoms with van der Waals surface area (Å²) >= 11 is 15.3. The summed E-state index contributed by atoms with van der Waals surface area (Å²) < 4.78 is 0.983. The molecular formula is C15H16Cl2N4OS2. The number of carbonyl (C=O) groups excluding carboxylic acids is 1. The fourth-order valence-corrected chi connectivity index (χ4v) is 4.36. The summed E-state index contributed by atoms with van der Waals surface area (Å²) in [7, 11) is 0. The molecule has 5 nitrogen and oxygen atoms in total. The van der Waals surface area contributed by atoms with Crippen LogP contribution in [0.5, 0.6) is 0 Å². The van der Waals surface area contributed by atoms with E-state index in [2.05, 4.69) is 15.1 Å². The smallest absolute Gasteiger partial charge is 0.255 e. The number of halogens is 2. The lowest BCUT2D eigenvalue weighted by Crippen LogP contribution is -2.48. The Morgan fingerprint density at radius 3 is 2.62 bits per heavy atom. The van der Waals surface area contributed by atoms with E-state index in [1.807, 2.05) is 11.2 Å². The molecule has 3 rings (SSSR count). The van der Waals surface area contributed by atoms with Crippen LogP contribution in [-0.4, -0.2) is 58.3 Å². The van der Waals surface area contributed by atoms with E-state index in [9.17, 15) is 4.79 Å². The van der Waals surface area contributed by atoms with Crippen LogP contribution in [0, 0.1) is 0 Å². The molecule has 1 fully saturated rings. The zero-order valence-electron chi connectivity index (χ0n) is 13.0. The molecule has 2 heterocycles. The minimum Gasteiger partial charge on any atom is -0.336 e. The summed E-state index contributed by atoms with van der Waals surface area (Å²) in [5.41, 5.74) is 0.503. The second-order valence-corrected chi connectivity index (χ2v) is 8.32. The largest absolute Gasteiger partial charge is 0.336 e. The van der Waals surface area contributed by atoms with Gasteiger partial charge in [-0.15, -0.1) is 10.2 Å². The first-order valence-corrected chi connectivity index (χ1v) is 10.2. The lowest BCUT2D eigenvalue weighted by Gasteiger charge is -2.34. The van der Waals surface area contributed by atoms with E-state index in [-0.39, 0.29) is 5.91 Å². The highest BCUT2D eigenvalue weighted by molar-refractivity contribution is 8.00. The average Bonchev–Trinajstić information content (AvgIpc) is 3.03. The van der Waals surface area contributed by atoms with Crippen molar-refractivity contribution in [3.05, 3.63) is 38.8 Å². The second kappa shape index (κ2) is 8.01. The van der Waals surface area contributed by atoms with Gasteiger partial charge < -0.3 is 4.90 Å². The van der Waals surface area contributed by atoms with Crippen LogP contribution >= 0.6 is 46.3 Å². The Hall–Kier alpha value is -0.860. The van der Waals surface area contributed by atoms with Gasteiger partial charge in [-0.1, -0.05) is 46.3 Å². The molecule has 128 valence electrons. The quantitative estimate of drug-likeness (QED) is 0.732. The topological polar surface area (TPSA) is 49.3 Å². The highest BCUT2D eigenvalue weighted by atomic mass is 35.5. The predicted molar refractivity (Wildman–Crippen MR) is 99.3 cm³/mol. The maximum Gasteiger partial charge on any atom is 0.255 e. The van der Waals surface area contributed by atoms with Crippen molar-refractivity contribution in [3.63, 3.8) is 0 Å². The van der Waals surface area contributed by atoms with Gasteiger partial charge in [-0.05, 0) is 24.5 Å². The second-order valence-electron chi connectivity index (χ2n) is 5.36. The molecule has 24 heavy (non-hydrogen) atoms. The van der Waals surface area contributed by atoms with Crippen LogP contribution in [0.2, 0.25) is 10.0 Å². The number of hydrogen-bond donors (Lipinski definition) is 0. The molecule has 0 N–H and O–H groups in total. The fourth-order valence-electron chi connectivity index (χ4n) is 2.52. The molecule has 1 aromatic heterocycles. The van der Waals surface area contributed by atoms with Gasteiger partial charge in [-0.2, -0.15) is 0 Å². The Bertz CT molecular complexity index is 732. The first-order valence-electron chi connectivity index (χ1n) is 7.40. The summed E-state index contributed by atoms with van der Waals surface area (Å²) in [6.07, 6.45) is 2.00. The van der Waals surface area contributed by atoms with Crippen LogP contribution < -0.4 is 0 Å². The van der Waals surface area contributed by atoms with E-state index in [1.165, 1.54) is 0 Å². The fraction of sp³-hybridized carbons (Fsp3) is 0.400. The summed E-state index contributed by atoms with van der Waals surface area (Å²) in [6, 6.07) is 4.98. The highest BCUT2D eigenvalue weighted by Crippen LogP contribution is 2.24. The molecule has 1 saturated heterocycles. The normalized spacial score (nSPS) is 15.7. The van der Waals surface area contributed by atoms with Gasteiger partial charge in [0.05, 0.1) is 17.1 Å². The number of aromatic nitrogens is 2. The highest BCUT2D eigenvalue weighted by Gasteiger charge is 2.24. The van der Waals surface area contributed by atoms with E-state index in [1.54, 1.807) is 41.3 Å². The van der Waals surface area contributed by atoms with Crippen molar-refractivity contribution in [1.29, 1.82) is 0 Å². The molecule has 0 spiro atoms. The standard InChI is InChI=1S/C15H16Cl2N4OS2/c1-23-15-19-18-13(24-15)9-20-4-6-21(7-5-20)14(22)11-3-2-10(16)8-12(11)17/h2-3,8H,4-7,9H2,1H3. The van der Waals surface area contributed by atoms with E-state index >= 15 is 0 Å². The van der Waals surface area contributed by atoms with E-state index < -0.39 is 0 Å². The zero-order chi connectivity index (χ0) is 17.1. The van der Waals surface area contributed by atoms with Crippen molar-refractivity contribution >= 4 is 52.2 Å². The molecule has 0 atom stereocenters. The summed E-state index contributed by atoms with van der Waals surface area (Å²) in [4.78, 5) is 16.7. The van der Waals surface area contributed by atoms with Crippen molar-refractivity contribution < 1.29 is 4.79 Å².